The van der Waals surface area contributed by atoms with Gasteiger partial charge in [0.05, 0.1) is 37.9 Å². The van der Waals surface area contributed by atoms with Crippen LogP contribution in [0.15, 0.2) is 0 Å². The summed E-state index contributed by atoms with van der Waals surface area (Å²) in [6, 6.07) is 0. The Labute approximate surface area is 253 Å². The molecule has 0 saturated carbocycles. The summed E-state index contributed by atoms with van der Waals surface area (Å²) in [5.74, 6) is 0. The van der Waals surface area contributed by atoms with Crippen LogP contribution in [-0.4, -0.2) is 37.9 Å². The largest absolute Gasteiger partial charge is 0.756 e. The minimum absolute atomic E-state index is 0.226. The molecule has 0 aromatic heterocycles. The summed E-state index contributed by atoms with van der Waals surface area (Å²) in [6.45, 7) is 13.9. The Morgan fingerprint density at radius 2 is 0.700 bits per heavy atom. The zero-order chi connectivity index (χ0) is 30.2. The summed E-state index contributed by atoms with van der Waals surface area (Å²) in [5, 5.41) is 0. The zero-order valence-electron chi connectivity index (χ0n) is 28.3. The van der Waals surface area contributed by atoms with Crippen LogP contribution in [0.3, 0.4) is 0 Å². The lowest BCUT2D eigenvalue weighted by atomic mass is 10.1. The molecule has 4 nitrogen and oxygen atoms in total. The van der Waals surface area contributed by atoms with E-state index in [0.717, 1.165) is 25.7 Å². The molecule has 0 saturated heterocycles. The van der Waals surface area contributed by atoms with Crippen molar-refractivity contribution in [3.05, 3.63) is 0 Å². The Balaban J connectivity index is 0. The molecule has 0 N–H and O–H groups in total. The quantitative estimate of drug-likeness (QED) is 0.0601. The molecule has 0 amide bonds. The Kier molecular flexibility index (Phi) is 34.6. The maximum Gasteiger partial charge on any atom is 0.267 e. The molecule has 0 heterocycles. The second kappa shape index (κ2) is 32.5. The normalized spacial score (nSPS) is 12.0. The monoisotopic (exact) mass is 609 g/mol. The van der Waals surface area contributed by atoms with Gasteiger partial charge >= 0.3 is 0 Å². The number of hydrogen-bond acceptors (Lipinski definition) is 4. The molecular weight excluding hydrogens is 534 g/mol. The van der Waals surface area contributed by atoms with Gasteiger partial charge in [0.25, 0.3) is 7.82 Å². The summed E-state index contributed by atoms with van der Waals surface area (Å²) in [5.41, 5.74) is 0. The Bertz CT molecular complexity index is 494. The minimum Gasteiger partial charge on any atom is -0.756 e. The van der Waals surface area contributed by atoms with E-state index in [1.165, 1.54) is 109 Å². The maximum atomic E-state index is 11.0. The first-order valence-electron chi connectivity index (χ1n) is 17.8. The standard InChI is InChI=1S/C26H56P.C8H19O4P/c1-5-9-13-14-15-16-17-18-19-20-21-22-26-27(23-10-6-2,24-11-7-3)25-12-8-4;1-3-5-7-11-13(9,10)12-8-6-4-2/h5-26H2,1-4H3;3-8H2,1-2H3,(H,9,10)/q+1;/p-1. The maximum absolute atomic E-state index is 11.0. The van der Waals surface area contributed by atoms with Crippen molar-refractivity contribution in [1.82, 2.24) is 0 Å². The summed E-state index contributed by atoms with van der Waals surface area (Å²) >= 11 is 0. The highest BCUT2D eigenvalue weighted by Gasteiger charge is 2.34. The zero-order valence-corrected chi connectivity index (χ0v) is 30.1. The third-order valence-electron chi connectivity index (χ3n) is 7.94. The van der Waals surface area contributed by atoms with Crippen LogP contribution in [0.2, 0.25) is 0 Å². The highest BCUT2D eigenvalue weighted by Crippen LogP contribution is 2.61. The topological polar surface area (TPSA) is 58.6 Å². The van der Waals surface area contributed by atoms with Crippen LogP contribution in [-0.2, 0) is 13.6 Å². The van der Waals surface area contributed by atoms with E-state index in [4.69, 9.17) is 0 Å². The fraction of sp³-hybridized carbons (Fsp3) is 1.00. The number of phosphoric ester groups is 1. The van der Waals surface area contributed by atoms with Crippen molar-refractivity contribution in [1.29, 1.82) is 0 Å². The lowest BCUT2D eigenvalue weighted by Gasteiger charge is -2.28. The van der Waals surface area contributed by atoms with Gasteiger partial charge in [-0.3, -0.25) is 4.57 Å². The highest BCUT2D eigenvalue weighted by molar-refractivity contribution is 7.75. The molecule has 0 rings (SSSR count). The predicted octanol–water partition coefficient (Wildman–Crippen LogP) is 12.2. The van der Waals surface area contributed by atoms with Gasteiger partial charge in [-0.25, -0.2) is 0 Å². The van der Waals surface area contributed by atoms with Gasteiger partial charge in [-0.15, -0.1) is 0 Å². The molecule has 0 aliphatic rings. The van der Waals surface area contributed by atoms with E-state index in [2.05, 4.69) is 36.7 Å². The van der Waals surface area contributed by atoms with Gasteiger partial charge in [-0.2, -0.15) is 0 Å². The summed E-state index contributed by atoms with van der Waals surface area (Å²) < 4.78 is 20.2. The molecule has 40 heavy (non-hydrogen) atoms. The molecule has 0 fully saturated rings. The smallest absolute Gasteiger partial charge is 0.267 e. The number of hydrogen-bond donors (Lipinski definition) is 0. The van der Waals surface area contributed by atoms with Crippen molar-refractivity contribution in [2.75, 3.05) is 37.9 Å². The minimum atomic E-state index is -4.00. The van der Waals surface area contributed by atoms with Crippen molar-refractivity contribution in [2.24, 2.45) is 0 Å². The second-order valence-electron chi connectivity index (χ2n) is 12.0. The number of unbranched alkanes of at least 4 members (excludes halogenated alkanes) is 16. The van der Waals surface area contributed by atoms with Crippen molar-refractivity contribution in [3.8, 4) is 0 Å². The molecule has 0 aliphatic heterocycles. The van der Waals surface area contributed by atoms with Gasteiger partial charge < -0.3 is 13.9 Å². The van der Waals surface area contributed by atoms with Crippen molar-refractivity contribution in [3.63, 3.8) is 0 Å². The van der Waals surface area contributed by atoms with Gasteiger partial charge in [-0.1, -0.05) is 138 Å². The first kappa shape index (κ1) is 42.7. The van der Waals surface area contributed by atoms with E-state index in [0.29, 0.717) is 0 Å². The van der Waals surface area contributed by atoms with Gasteiger partial charge in [0.15, 0.2) is 0 Å². The van der Waals surface area contributed by atoms with E-state index in [1.807, 2.05) is 13.8 Å². The van der Waals surface area contributed by atoms with E-state index in [1.54, 1.807) is 31.1 Å². The molecular formula is C34H74O4P2. The Hall–Kier alpha value is 0.540. The fourth-order valence-electron chi connectivity index (χ4n) is 5.12. The van der Waals surface area contributed by atoms with Crippen LogP contribution in [0.5, 0.6) is 0 Å². The molecule has 0 unspecified atom stereocenters. The van der Waals surface area contributed by atoms with E-state index in [9.17, 15) is 9.46 Å². The summed E-state index contributed by atoms with van der Waals surface area (Å²) in [6.07, 6.45) is 36.3. The Morgan fingerprint density at radius 3 is 1.02 bits per heavy atom. The molecule has 244 valence electrons. The van der Waals surface area contributed by atoms with Crippen molar-refractivity contribution in [2.45, 2.75) is 183 Å². The van der Waals surface area contributed by atoms with Crippen molar-refractivity contribution >= 4 is 15.1 Å². The summed E-state index contributed by atoms with van der Waals surface area (Å²) in [7, 11) is -4.63. The molecule has 0 radical (unpaired) electrons. The molecule has 0 aliphatic carbocycles. The number of phosphoric acid groups is 1. The highest BCUT2D eigenvalue weighted by atomic mass is 31.2. The van der Waals surface area contributed by atoms with Crippen LogP contribution < -0.4 is 4.89 Å². The van der Waals surface area contributed by atoms with Crippen LogP contribution in [0.1, 0.15) is 183 Å². The van der Waals surface area contributed by atoms with E-state index in [-0.39, 0.29) is 13.2 Å². The molecule has 0 atom stereocenters. The molecule has 0 spiro atoms. The van der Waals surface area contributed by atoms with Gasteiger partial charge in [-0.05, 0) is 44.9 Å². The third-order valence-corrected chi connectivity index (χ3v) is 14.0. The van der Waals surface area contributed by atoms with Gasteiger partial charge in [0.1, 0.15) is 0 Å². The molecule has 0 bridgehead atoms. The van der Waals surface area contributed by atoms with Crippen molar-refractivity contribution < 1.29 is 18.5 Å². The van der Waals surface area contributed by atoms with E-state index >= 15 is 0 Å². The molecule has 6 heteroatoms. The van der Waals surface area contributed by atoms with Crippen LogP contribution in [0.25, 0.3) is 0 Å². The van der Waals surface area contributed by atoms with Gasteiger partial charge in [0.2, 0.25) is 0 Å². The number of rotatable bonds is 30. The fourth-order valence-corrected chi connectivity index (χ4v) is 11.1. The first-order chi connectivity index (χ1) is 19.4. The molecule has 0 aromatic rings. The van der Waals surface area contributed by atoms with Gasteiger partial charge in [0, 0.05) is 7.26 Å². The molecule has 0 aromatic carbocycles. The third kappa shape index (κ3) is 30.0. The first-order valence-corrected chi connectivity index (χ1v) is 21.8. The SMILES string of the molecule is CCCCCCCCCCCCCC[P+](CCCC)(CCCC)CCCC.CCCCOP(=O)([O-])OCCCC. The average Bonchev–Trinajstić information content (AvgIpc) is 2.94. The van der Waals surface area contributed by atoms with Crippen LogP contribution >= 0.6 is 15.1 Å². The Morgan fingerprint density at radius 1 is 0.425 bits per heavy atom. The van der Waals surface area contributed by atoms with E-state index < -0.39 is 15.1 Å². The lowest BCUT2D eigenvalue weighted by molar-refractivity contribution is -0.225. The van der Waals surface area contributed by atoms with Crippen LogP contribution in [0.4, 0.5) is 0 Å². The summed E-state index contributed by atoms with van der Waals surface area (Å²) in [4.78, 5) is 11.0. The average molecular weight is 609 g/mol. The lowest BCUT2D eigenvalue weighted by Crippen LogP contribution is -2.13. The second-order valence-corrected chi connectivity index (χ2v) is 17.9. The predicted molar refractivity (Wildman–Crippen MR) is 182 cm³/mol. The van der Waals surface area contributed by atoms with Crippen LogP contribution in [0, 0.1) is 0 Å².